The number of hydrogen-bond donors (Lipinski definition) is 0. The normalized spacial score (nSPS) is 11.3. The summed E-state index contributed by atoms with van der Waals surface area (Å²) in [7, 11) is 0. The lowest BCUT2D eigenvalue weighted by Gasteiger charge is -2.21. The molecule has 0 fully saturated rings. The predicted molar refractivity (Wildman–Crippen MR) is 174 cm³/mol. The fraction of sp³-hybridized carbons (Fsp3) is 0. The molecular formula is C39H25N3. The monoisotopic (exact) mass is 535 g/mol. The van der Waals surface area contributed by atoms with Gasteiger partial charge in [0.25, 0.3) is 0 Å². The zero-order valence-electron chi connectivity index (χ0n) is 22.8. The molecule has 1 aromatic heterocycles. The van der Waals surface area contributed by atoms with Gasteiger partial charge in [0.1, 0.15) is 11.4 Å². The van der Waals surface area contributed by atoms with Crippen LogP contribution >= 0.6 is 0 Å². The lowest BCUT2D eigenvalue weighted by molar-refractivity contribution is 0.879. The zero-order valence-corrected chi connectivity index (χ0v) is 22.8. The Morgan fingerprint density at radius 2 is 0.714 bits per heavy atom. The van der Waals surface area contributed by atoms with Crippen LogP contribution < -0.4 is 0 Å². The van der Waals surface area contributed by atoms with E-state index < -0.39 is 0 Å². The summed E-state index contributed by atoms with van der Waals surface area (Å²) < 4.78 is 0. The summed E-state index contributed by atoms with van der Waals surface area (Å²) in [5, 5.41) is 21.1. The van der Waals surface area contributed by atoms with Gasteiger partial charge in [0, 0.05) is 22.3 Å². The number of aromatic nitrogens is 3. The molecule has 0 saturated carbocycles. The van der Waals surface area contributed by atoms with Crippen LogP contribution in [0.1, 0.15) is 0 Å². The third-order valence-electron chi connectivity index (χ3n) is 8.10. The molecule has 3 heteroatoms. The molecule has 0 aliphatic heterocycles. The predicted octanol–water partition coefficient (Wildman–Crippen LogP) is 10.00. The fourth-order valence-electron chi connectivity index (χ4n) is 6.27. The number of fused-ring (bicyclic) bond motifs is 6. The molecule has 0 radical (unpaired) electrons. The summed E-state index contributed by atoms with van der Waals surface area (Å²) >= 11 is 0. The molecule has 42 heavy (non-hydrogen) atoms. The third kappa shape index (κ3) is 3.87. The van der Waals surface area contributed by atoms with Crippen LogP contribution in [0.4, 0.5) is 0 Å². The van der Waals surface area contributed by atoms with E-state index in [1.165, 1.54) is 32.3 Å². The van der Waals surface area contributed by atoms with Gasteiger partial charge in [0.2, 0.25) is 0 Å². The largest absolute Gasteiger partial charge is 0.129 e. The van der Waals surface area contributed by atoms with E-state index in [-0.39, 0.29) is 0 Å². The molecule has 7 aromatic carbocycles. The van der Waals surface area contributed by atoms with Gasteiger partial charge in [-0.3, -0.25) is 0 Å². The van der Waals surface area contributed by atoms with E-state index in [0.717, 1.165) is 44.8 Å². The average molecular weight is 536 g/mol. The minimum Gasteiger partial charge on any atom is -0.129 e. The third-order valence-corrected chi connectivity index (χ3v) is 8.10. The molecule has 0 amide bonds. The van der Waals surface area contributed by atoms with Crippen LogP contribution in [0.25, 0.3) is 77.1 Å². The molecular weight excluding hydrogens is 510 g/mol. The van der Waals surface area contributed by atoms with E-state index in [1.54, 1.807) is 0 Å². The quantitative estimate of drug-likeness (QED) is 0.211. The highest BCUT2D eigenvalue weighted by molar-refractivity contribution is 6.30. The van der Waals surface area contributed by atoms with Crippen molar-refractivity contribution in [3.63, 3.8) is 0 Å². The number of nitrogens with zero attached hydrogens (tertiary/aromatic N) is 3. The van der Waals surface area contributed by atoms with Crippen LogP contribution in [0.2, 0.25) is 0 Å². The first kappa shape index (κ1) is 24.2. The second kappa shape index (κ2) is 10.1. The van der Waals surface area contributed by atoms with E-state index in [0.29, 0.717) is 0 Å². The Hall–Kier alpha value is -5.67. The number of hydrogen-bond acceptors (Lipinski definition) is 3. The molecule has 0 aliphatic rings. The second-order valence-electron chi connectivity index (χ2n) is 10.5. The highest BCUT2D eigenvalue weighted by atomic mass is 15.3. The summed E-state index contributed by atoms with van der Waals surface area (Å²) in [5.74, 6) is 0. The van der Waals surface area contributed by atoms with Gasteiger partial charge in [-0.25, -0.2) is 0 Å². The maximum atomic E-state index is 4.73. The van der Waals surface area contributed by atoms with Gasteiger partial charge in [0.15, 0.2) is 0 Å². The van der Waals surface area contributed by atoms with Crippen molar-refractivity contribution < 1.29 is 0 Å². The molecule has 0 N–H and O–H groups in total. The van der Waals surface area contributed by atoms with Crippen LogP contribution in [0, 0.1) is 0 Å². The van der Waals surface area contributed by atoms with Crippen molar-refractivity contribution in [3.8, 4) is 44.8 Å². The Morgan fingerprint density at radius 3 is 1.24 bits per heavy atom. The minimum absolute atomic E-state index is 0.811. The molecule has 0 bridgehead atoms. The van der Waals surface area contributed by atoms with Gasteiger partial charge in [-0.05, 0) is 48.7 Å². The first-order chi connectivity index (χ1) is 20.9. The van der Waals surface area contributed by atoms with Gasteiger partial charge in [-0.1, -0.05) is 152 Å². The van der Waals surface area contributed by atoms with Gasteiger partial charge < -0.3 is 0 Å². The van der Waals surface area contributed by atoms with Gasteiger partial charge in [0.05, 0.1) is 0 Å². The zero-order chi connectivity index (χ0) is 27.9. The SMILES string of the molecule is c1ccc(-c2ccc3c4ccccc4c4ccccc4c3c2-c2c(-c3ccccc3)nnnc2-c2ccccc2)cc1. The van der Waals surface area contributed by atoms with E-state index in [4.69, 9.17) is 10.2 Å². The van der Waals surface area contributed by atoms with Crippen molar-refractivity contribution in [2.75, 3.05) is 0 Å². The topological polar surface area (TPSA) is 38.7 Å². The molecule has 0 atom stereocenters. The number of benzene rings is 7. The van der Waals surface area contributed by atoms with Gasteiger partial charge in [-0.2, -0.15) is 0 Å². The van der Waals surface area contributed by atoms with Crippen LogP contribution in [0.5, 0.6) is 0 Å². The smallest absolute Gasteiger partial charge is 0.105 e. The van der Waals surface area contributed by atoms with Crippen molar-refractivity contribution in [2.24, 2.45) is 0 Å². The van der Waals surface area contributed by atoms with Crippen molar-refractivity contribution in [1.29, 1.82) is 0 Å². The van der Waals surface area contributed by atoms with Crippen LogP contribution in [-0.4, -0.2) is 15.4 Å². The number of rotatable bonds is 4. The first-order valence-electron chi connectivity index (χ1n) is 14.1. The molecule has 0 spiro atoms. The van der Waals surface area contributed by atoms with E-state index in [1.807, 2.05) is 36.4 Å². The minimum atomic E-state index is 0.811. The van der Waals surface area contributed by atoms with Crippen molar-refractivity contribution in [2.45, 2.75) is 0 Å². The second-order valence-corrected chi connectivity index (χ2v) is 10.5. The van der Waals surface area contributed by atoms with Crippen molar-refractivity contribution in [3.05, 3.63) is 152 Å². The van der Waals surface area contributed by atoms with Gasteiger partial charge >= 0.3 is 0 Å². The summed E-state index contributed by atoms with van der Waals surface area (Å²) in [6, 6.07) is 53.3. The van der Waals surface area contributed by atoms with Crippen molar-refractivity contribution in [1.82, 2.24) is 15.4 Å². The van der Waals surface area contributed by atoms with E-state index in [2.05, 4.69) is 120 Å². The summed E-state index contributed by atoms with van der Waals surface area (Å²) in [6.45, 7) is 0. The highest BCUT2D eigenvalue weighted by Crippen LogP contribution is 2.48. The van der Waals surface area contributed by atoms with Gasteiger partial charge in [-0.15, -0.1) is 10.2 Å². The Morgan fingerprint density at radius 1 is 0.310 bits per heavy atom. The standard InChI is InChI=1S/C39H25N3/c1-4-14-26(15-5-1)29-24-25-34-32-22-11-10-20-30(32)31-21-12-13-23-33(31)35(34)36(29)37-38(27-16-6-2-7-17-27)40-42-41-39(37)28-18-8-3-9-19-28/h1-25H. The Labute approximate surface area is 243 Å². The Balaban J connectivity index is 1.65. The molecule has 3 nitrogen and oxygen atoms in total. The van der Waals surface area contributed by atoms with Crippen LogP contribution in [0.15, 0.2) is 152 Å². The Bertz CT molecular complexity index is 2130. The molecule has 8 rings (SSSR count). The lowest BCUT2D eigenvalue weighted by Crippen LogP contribution is -2.02. The maximum Gasteiger partial charge on any atom is 0.105 e. The Kier molecular flexibility index (Phi) is 5.79. The fourth-order valence-corrected chi connectivity index (χ4v) is 6.27. The molecule has 1 heterocycles. The summed E-state index contributed by atoms with van der Waals surface area (Å²) in [4.78, 5) is 0. The summed E-state index contributed by atoms with van der Waals surface area (Å²) in [6.07, 6.45) is 0. The molecule has 0 aliphatic carbocycles. The molecule has 196 valence electrons. The highest BCUT2D eigenvalue weighted by Gasteiger charge is 2.25. The maximum absolute atomic E-state index is 4.73. The molecule has 0 unspecified atom stereocenters. The first-order valence-corrected chi connectivity index (χ1v) is 14.1. The summed E-state index contributed by atoms with van der Waals surface area (Å²) in [5.41, 5.74) is 7.99. The van der Waals surface area contributed by atoms with E-state index in [9.17, 15) is 0 Å². The lowest BCUT2D eigenvalue weighted by atomic mass is 9.83. The van der Waals surface area contributed by atoms with Crippen LogP contribution in [0.3, 0.4) is 0 Å². The van der Waals surface area contributed by atoms with E-state index >= 15 is 0 Å². The molecule has 8 aromatic rings. The average Bonchev–Trinajstić information content (AvgIpc) is 3.08. The molecule has 0 saturated heterocycles. The van der Waals surface area contributed by atoms with Crippen LogP contribution in [-0.2, 0) is 0 Å². The van der Waals surface area contributed by atoms with Crippen molar-refractivity contribution >= 4 is 32.3 Å².